The summed E-state index contributed by atoms with van der Waals surface area (Å²) in [5, 5.41) is 11.5. The maximum absolute atomic E-state index is 12.1. The molecule has 1 rings (SSSR count). The third kappa shape index (κ3) is 4.28. The van der Waals surface area contributed by atoms with Gasteiger partial charge in [-0.05, 0) is 38.1 Å². The minimum atomic E-state index is -1.02. The number of imide groups is 1. The Kier molecular flexibility index (Phi) is 5.04. The second kappa shape index (κ2) is 6.36. The largest absolute Gasteiger partial charge is 0.399 e. The molecule has 0 fully saturated rings. The molecule has 0 aliphatic carbocycles. The van der Waals surface area contributed by atoms with Crippen LogP contribution in [0, 0.1) is 0 Å². The Morgan fingerprint density at radius 1 is 1.24 bits per heavy atom. The molecule has 0 spiro atoms. The molecule has 0 saturated carbocycles. The van der Waals surface area contributed by atoms with Gasteiger partial charge < -0.3 is 16.2 Å². The molecule has 0 saturated heterocycles. The Bertz CT molecular complexity index is 552. The summed E-state index contributed by atoms with van der Waals surface area (Å²) in [5.41, 5.74) is 5.30. The molecule has 0 aromatic heterocycles. The van der Waals surface area contributed by atoms with Gasteiger partial charge in [0.1, 0.15) is 0 Å². The molecule has 1 aromatic rings. The predicted molar refractivity (Wildman–Crippen MR) is 78.3 cm³/mol. The highest BCUT2D eigenvalue weighted by Gasteiger charge is 2.30. The van der Waals surface area contributed by atoms with Crippen LogP contribution in [0.3, 0.4) is 0 Å². The van der Waals surface area contributed by atoms with Gasteiger partial charge in [0.25, 0.3) is 0 Å². The van der Waals surface area contributed by atoms with Crippen molar-refractivity contribution in [1.29, 1.82) is 0 Å². The third-order valence-corrected chi connectivity index (χ3v) is 2.71. The lowest BCUT2D eigenvalue weighted by molar-refractivity contribution is -0.140. The van der Waals surface area contributed by atoms with Crippen molar-refractivity contribution in [3.05, 3.63) is 24.3 Å². The van der Waals surface area contributed by atoms with E-state index < -0.39 is 23.3 Å². The van der Waals surface area contributed by atoms with Crippen LogP contribution < -0.4 is 16.0 Å². The molecule has 1 aromatic carbocycles. The number of aliphatic hydroxyl groups excluding tert-OH is 1. The van der Waals surface area contributed by atoms with Crippen LogP contribution in [0.15, 0.2) is 24.3 Å². The standard InChI is InChI=1S/C14H19N3O4/c1-9(19)17(11-6-4-10(15)5-7-11)13(21)12(20)16-14(2,3)8-18/h4-7,18H,8,15H2,1-3H3,(H,16,20). The maximum Gasteiger partial charge on any atom is 0.323 e. The third-order valence-electron chi connectivity index (χ3n) is 2.71. The number of hydrogen-bond acceptors (Lipinski definition) is 5. The fourth-order valence-electron chi connectivity index (χ4n) is 1.57. The van der Waals surface area contributed by atoms with Crippen molar-refractivity contribution in [1.82, 2.24) is 5.32 Å². The molecule has 3 amide bonds. The number of rotatable bonds is 3. The summed E-state index contributed by atoms with van der Waals surface area (Å²) in [6.07, 6.45) is 0. The molecular weight excluding hydrogens is 274 g/mol. The second-order valence-corrected chi connectivity index (χ2v) is 5.25. The van der Waals surface area contributed by atoms with E-state index in [0.29, 0.717) is 5.69 Å². The first-order valence-electron chi connectivity index (χ1n) is 6.31. The first-order chi connectivity index (χ1) is 9.68. The van der Waals surface area contributed by atoms with Crippen molar-refractivity contribution in [3.63, 3.8) is 0 Å². The highest BCUT2D eigenvalue weighted by atomic mass is 16.3. The van der Waals surface area contributed by atoms with Crippen LogP contribution in [0.2, 0.25) is 0 Å². The van der Waals surface area contributed by atoms with Gasteiger partial charge in [-0.2, -0.15) is 0 Å². The summed E-state index contributed by atoms with van der Waals surface area (Å²) in [7, 11) is 0. The van der Waals surface area contributed by atoms with Crippen LogP contribution in [0.25, 0.3) is 0 Å². The highest BCUT2D eigenvalue weighted by Crippen LogP contribution is 2.17. The van der Waals surface area contributed by atoms with Crippen LogP contribution in [0.4, 0.5) is 11.4 Å². The van der Waals surface area contributed by atoms with Crippen LogP contribution >= 0.6 is 0 Å². The molecule has 7 nitrogen and oxygen atoms in total. The van der Waals surface area contributed by atoms with E-state index in [1.165, 1.54) is 31.2 Å². The van der Waals surface area contributed by atoms with Crippen molar-refractivity contribution >= 4 is 29.1 Å². The number of nitrogens with zero attached hydrogens (tertiary/aromatic N) is 1. The van der Waals surface area contributed by atoms with Crippen molar-refractivity contribution < 1.29 is 19.5 Å². The molecule has 4 N–H and O–H groups in total. The Hall–Kier alpha value is -2.41. The van der Waals surface area contributed by atoms with Gasteiger partial charge in [0, 0.05) is 12.6 Å². The Morgan fingerprint density at radius 2 is 1.76 bits per heavy atom. The number of aliphatic hydroxyl groups is 1. The van der Waals surface area contributed by atoms with Gasteiger partial charge >= 0.3 is 11.8 Å². The van der Waals surface area contributed by atoms with E-state index in [-0.39, 0.29) is 12.3 Å². The van der Waals surface area contributed by atoms with E-state index in [1.54, 1.807) is 13.8 Å². The summed E-state index contributed by atoms with van der Waals surface area (Å²) in [5.74, 6) is -2.59. The SMILES string of the molecule is CC(=O)N(C(=O)C(=O)NC(C)(C)CO)c1ccc(N)cc1. The number of nitrogens with one attached hydrogen (secondary N) is 1. The number of nitrogen functional groups attached to an aromatic ring is 1. The van der Waals surface area contributed by atoms with E-state index in [2.05, 4.69) is 5.32 Å². The first-order valence-corrected chi connectivity index (χ1v) is 6.31. The number of carbonyl (C=O) groups excluding carboxylic acids is 3. The van der Waals surface area contributed by atoms with Crippen LogP contribution in [0.1, 0.15) is 20.8 Å². The molecule has 0 aliphatic heterocycles. The summed E-state index contributed by atoms with van der Waals surface area (Å²) in [6.45, 7) is 3.95. The van der Waals surface area contributed by atoms with E-state index in [0.717, 1.165) is 4.90 Å². The molecule has 0 bridgehead atoms. The molecule has 0 aliphatic rings. The predicted octanol–water partition coefficient (Wildman–Crippen LogP) is 0.0354. The van der Waals surface area contributed by atoms with E-state index in [1.807, 2.05) is 0 Å². The topological polar surface area (TPSA) is 113 Å². The monoisotopic (exact) mass is 293 g/mol. The van der Waals surface area contributed by atoms with Gasteiger partial charge in [0.05, 0.1) is 17.8 Å². The van der Waals surface area contributed by atoms with Crippen molar-refractivity contribution in [2.75, 3.05) is 17.2 Å². The molecule has 0 heterocycles. The minimum absolute atomic E-state index is 0.249. The average Bonchev–Trinajstić information content (AvgIpc) is 2.40. The zero-order chi connectivity index (χ0) is 16.2. The molecule has 0 radical (unpaired) electrons. The van der Waals surface area contributed by atoms with Gasteiger partial charge in [0.15, 0.2) is 0 Å². The number of amides is 3. The smallest absolute Gasteiger partial charge is 0.323 e. The van der Waals surface area contributed by atoms with Gasteiger partial charge in [-0.3, -0.25) is 14.4 Å². The number of nitrogens with two attached hydrogens (primary N) is 1. The van der Waals surface area contributed by atoms with Gasteiger partial charge in [-0.15, -0.1) is 0 Å². The van der Waals surface area contributed by atoms with Crippen LogP contribution in [0.5, 0.6) is 0 Å². The maximum atomic E-state index is 12.1. The van der Waals surface area contributed by atoms with Crippen molar-refractivity contribution in [3.8, 4) is 0 Å². The minimum Gasteiger partial charge on any atom is -0.399 e. The van der Waals surface area contributed by atoms with E-state index in [4.69, 9.17) is 10.8 Å². The Labute approximate surface area is 122 Å². The Balaban J connectivity index is 3.01. The summed E-state index contributed by atoms with van der Waals surface area (Å²) < 4.78 is 0. The van der Waals surface area contributed by atoms with E-state index in [9.17, 15) is 14.4 Å². The number of carbonyl (C=O) groups is 3. The lowest BCUT2D eigenvalue weighted by Crippen LogP contribution is -2.53. The molecule has 114 valence electrons. The Morgan fingerprint density at radius 3 is 2.19 bits per heavy atom. The van der Waals surface area contributed by atoms with E-state index >= 15 is 0 Å². The van der Waals surface area contributed by atoms with Crippen LogP contribution in [-0.4, -0.2) is 35.0 Å². The molecule has 21 heavy (non-hydrogen) atoms. The number of anilines is 2. The summed E-state index contributed by atoms with van der Waals surface area (Å²) >= 11 is 0. The van der Waals surface area contributed by atoms with Crippen molar-refractivity contribution in [2.45, 2.75) is 26.3 Å². The van der Waals surface area contributed by atoms with Crippen LogP contribution in [-0.2, 0) is 14.4 Å². The lowest BCUT2D eigenvalue weighted by atomic mass is 10.1. The highest BCUT2D eigenvalue weighted by molar-refractivity contribution is 6.45. The summed E-state index contributed by atoms with van der Waals surface area (Å²) in [4.78, 5) is 36.5. The fraction of sp³-hybridized carbons (Fsp3) is 0.357. The summed E-state index contributed by atoms with van der Waals surface area (Å²) in [6, 6.07) is 5.99. The molecule has 0 unspecified atom stereocenters. The molecule has 0 atom stereocenters. The molecular formula is C14H19N3O4. The average molecular weight is 293 g/mol. The van der Waals surface area contributed by atoms with Gasteiger partial charge in [-0.1, -0.05) is 0 Å². The quantitative estimate of drug-likeness (QED) is 0.538. The zero-order valence-electron chi connectivity index (χ0n) is 12.2. The number of benzene rings is 1. The fourth-order valence-corrected chi connectivity index (χ4v) is 1.57. The zero-order valence-corrected chi connectivity index (χ0v) is 12.2. The normalized spacial score (nSPS) is 10.9. The van der Waals surface area contributed by atoms with Gasteiger partial charge in [-0.25, -0.2) is 4.90 Å². The second-order valence-electron chi connectivity index (χ2n) is 5.25. The van der Waals surface area contributed by atoms with Gasteiger partial charge in [0.2, 0.25) is 5.91 Å². The van der Waals surface area contributed by atoms with Crippen molar-refractivity contribution in [2.24, 2.45) is 0 Å². The first kappa shape index (κ1) is 16.6. The lowest BCUT2D eigenvalue weighted by Gasteiger charge is -2.25. The number of hydrogen-bond donors (Lipinski definition) is 3. The molecule has 7 heteroatoms.